The highest BCUT2D eigenvalue weighted by Gasteiger charge is 2.54. The van der Waals surface area contributed by atoms with E-state index in [-0.39, 0.29) is 30.2 Å². The Morgan fingerprint density at radius 2 is 1.64 bits per heavy atom. The molecule has 42 heavy (non-hydrogen) atoms. The summed E-state index contributed by atoms with van der Waals surface area (Å²) in [6.45, 7) is 14.2. The van der Waals surface area contributed by atoms with Crippen molar-refractivity contribution in [1.82, 2.24) is 10.6 Å². The van der Waals surface area contributed by atoms with E-state index in [1.165, 1.54) is 11.1 Å². The number of hydrogen-bond acceptors (Lipinski definition) is 6. The van der Waals surface area contributed by atoms with Crippen molar-refractivity contribution >= 4 is 18.9 Å². The molecule has 2 aromatic rings. The first-order valence-electron chi connectivity index (χ1n) is 14.9. The van der Waals surface area contributed by atoms with E-state index in [0.717, 1.165) is 18.4 Å². The predicted molar refractivity (Wildman–Crippen MR) is 167 cm³/mol. The van der Waals surface area contributed by atoms with Crippen LogP contribution in [0.1, 0.15) is 71.1 Å². The number of rotatable bonds is 9. The van der Waals surface area contributed by atoms with Crippen molar-refractivity contribution in [3.8, 4) is 11.5 Å². The third-order valence-corrected chi connectivity index (χ3v) is 8.36. The van der Waals surface area contributed by atoms with Crippen LogP contribution in [0.25, 0.3) is 0 Å². The monoisotopic (exact) mass is 580 g/mol. The van der Waals surface area contributed by atoms with Gasteiger partial charge in [0.1, 0.15) is 0 Å². The molecule has 230 valence electrons. The van der Waals surface area contributed by atoms with Crippen molar-refractivity contribution in [2.45, 2.75) is 91.3 Å². The number of carbonyl (C=O) groups excluding carboxylic acids is 2. The Bertz CT molecular complexity index is 1180. The van der Waals surface area contributed by atoms with Gasteiger partial charge in [-0.15, -0.1) is 0 Å². The van der Waals surface area contributed by atoms with Gasteiger partial charge in [0.25, 0.3) is 0 Å². The number of benzene rings is 2. The number of aryl methyl sites for hydroxylation is 2. The molecule has 0 aromatic heterocycles. The maximum atomic E-state index is 12.9. The molecule has 1 aliphatic carbocycles. The zero-order chi connectivity index (χ0) is 31.1. The summed E-state index contributed by atoms with van der Waals surface area (Å²) in [5, 5.41) is 5.86. The second-order valence-electron chi connectivity index (χ2n) is 12.7. The second-order valence-corrected chi connectivity index (χ2v) is 12.7. The van der Waals surface area contributed by atoms with Crippen LogP contribution < -0.4 is 20.1 Å². The molecule has 0 spiro atoms. The summed E-state index contributed by atoms with van der Waals surface area (Å²) >= 11 is 0. The van der Waals surface area contributed by atoms with Crippen LogP contribution >= 0.6 is 0 Å². The molecule has 9 heteroatoms. The number of carbonyl (C=O) groups is 2. The Labute approximate surface area is 252 Å². The molecule has 8 nitrogen and oxygen atoms in total. The lowest BCUT2D eigenvalue weighted by Gasteiger charge is -2.32. The lowest BCUT2D eigenvalue weighted by Crippen LogP contribution is -2.51. The highest BCUT2D eigenvalue weighted by atomic mass is 16.7. The standard InChI is InChI=1S/C26H41BN2O6.C7H8/c1-16(2)13-21(27-34-25(3,4)26(5,6)35-27)29-22(30)15-28-24(31)18-10-9-17-11-12-20(32-7)23(33-8)19(17)14-18;1-7-5-3-2-4-6-7/h11-12,16,18,21H,9-10,13-15H2,1-8H3,(H,28,31)(H,29,30);2-6H,1H3. The van der Waals surface area contributed by atoms with Crippen LogP contribution in [0, 0.1) is 18.8 Å². The van der Waals surface area contributed by atoms with Crippen LogP contribution in [0.15, 0.2) is 42.5 Å². The molecular formula is C33H49BN2O6. The third kappa shape index (κ3) is 8.51. The molecule has 2 N–H and O–H groups in total. The molecule has 4 rings (SSSR count). The molecule has 2 aliphatic rings. The Kier molecular flexibility index (Phi) is 11.5. The van der Waals surface area contributed by atoms with Crippen molar-refractivity contribution < 1.29 is 28.4 Å². The highest BCUT2D eigenvalue weighted by Crippen LogP contribution is 2.39. The minimum absolute atomic E-state index is 0.0917. The Balaban J connectivity index is 0.000000603. The number of hydrogen-bond donors (Lipinski definition) is 2. The largest absolute Gasteiger partial charge is 0.493 e. The number of nitrogens with one attached hydrogen (secondary N) is 2. The average Bonchev–Trinajstić information content (AvgIpc) is 3.17. The fourth-order valence-corrected chi connectivity index (χ4v) is 5.29. The van der Waals surface area contributed by atoms with E-state index in [2.05, 4.69) is 43.5 Å². The summed E-state index contributed by atoms with van der Waals surface area (Å²) in [7, 11) is 2.67. The lowest BCUT2D eigenvalue weighted by molar-refractivity contribution is -0.129. The fourth-order valence-electron chi connectivity index (χ4n) is 5.29. The van der Waals surface area contributed by atoms with Crippen molar-refractivity contribution in [3.63, 3.8) is 0 Å². The molecule has 1 saturated heterocycles. The van der Waals surface area contributed by atoms with E-state index >= 15 is 0 Å². The van der Waals surface area contributed by atoms with Crippen LogP contribution in [0.3, 0.4) is 0 Å². The zero-order valence-corrected chi connectivity index (χ0v) is 26.8. The summed E-state index contributed by atoms with van der Waals surface area (Å²) in [5.74, 6) is 0.749. The smallest absolute Gasteiger partial charge is 0.481 e. The molecule has 2 unspecified atom stereocenters. The average molecular weight is 581 g/mol. The van der Waals surface area contributed by atoms with Crippen molar-refractivity contribution in [2.75, 3.05) is 20.8 Å². The van der Waals surface area contributed by atoms with Gasteiger partial charge >= 0.3 is 7.12 Å². The summed E-state index contributed by atoms with van der Waals surface area (Å²) in [6, 6.07) is 14.2. The minimum Gasteiger partial charge on any atom is -0.493 e. The van der Waals surface area contributed by atoms with E-state index in [9.17, 15) is 9.59 Å². The molecule has 2 aromatic carbocycles. The van der Waals surface area contributed by atoms with Gasteiger partial charge in [-0.3, -0.25) is 9.59 Å². The molecule has 1 fully saturated rings. The van der Waals surface area contributed by atoms with Gasteiger partial charge in [0, 0.05) is 11.5 Å². The van der Waals surface area contributed by atoms with Gasteiger partial charge < -0.3 is 29.4 Å². The quantitative estimate of drug-likeness (QED) is 0.402. The minimum atomic E-state index is -0.542. The molecule has 1 heterocycles. The maximum Gasteiger partial charge on any atom is 0.481 e. The molecule has 0 bridgehead atoms. The molecular weight excluding hydrogens is 531 g/mol. The van der Waals surface area contributed by atoms with Crippen LogP contribution in [0.4, 0.5) is 0 Å². The first kappa shape index (κ1) is 33.5. The van der Waals surface area contributed by atoms with Gasteiger partial charge in [0.2, 0.25) is 11.8 Å². The lowest BCUT2D eigenvalue weighted by atomic mass is 9.74. The van der Waals surface area contributed by atoms with E-state index in [4.69, 9.17) is 18.8 Å². The number of amides is 2. The Morgan fingerprint density at radius 3 is 2.17 bits per heavy atom. The van der Waals surface area contributed by atoms with Crippen LogP contribution in [0.5, 0.6) is 11.5 Å². The number of methoxy groups -OCH3 is 2. The SMILES string of the molecule is COc1ccc2c(c1OC)CC(C(=O)NCC(=O)NC(CC(C)C)B1OC(C)(C)C(C)(C)O1)CC2.Cc1ccccc1. The van der Waals surface area contributed by atoms with Gasteiger partial charge in [0.15, 0.2) is 11.5 Å². The van der Waals surface area contributed by atoms with Crippen LogP contribution in [-0.4, -0.2) is 56.8 Å². The van der Waals surface area contributed by atoms with Crippen LogP contribution in [0.2, 0.25) is 0 Å². The third-order valence-electron chi connectivity index (χ3n) is 8.36. The van der Waals surface area contributed by atoms with E-state index < -0.39 is 18.3 Å². The van der Waals surface area contributed by atoms with E-state index in [1.807, 2.05) is 58.0 Å². The Hall–Kier alpha value is -3.04. The number of fused-ring (bicyclic) bond motifs is 1. The summed E-state index contributed by atoms with van der Waals surface area (Å²) in [5.41, 5.74) is 2.53. The first-order valence-corrected chi connectivity index (χ1v) is 14.9. The highest BCUT2D eigenvalue weighted by molar-refractivity contribution is 6.48. The number of ether oxygens (including phenoxy) is 2. The molecule has 2 amide bonds. The van der Waals surface area contributed by atoms with Gasteiger partial charge in [0.05, 0.1) is 37.9 Å². The fraction of sp³-hybridized carbons (Fsp3) is 0.576. The van der Waals surface area contributed by atoms with Crippen molar-refractivity contribution in [2.24, 2.45) is 11.8 Å². The molecule has 0 radical (unpaired) electrons. The topological polar surface area (TPSA) is 95.1 Å². The normalized spacial score (nSPS) is 19.2. The second kappa shape index (κ2) is 14.4. The molecule has 0 saturated carbocycles. The molecule has 2 atom stereocenters. The molecule has 1 aliphatic heterocycles. The van der Waals surface area contributed by atoms with E-state index in [1.54, 1.807) is 14.2 Å². The van der Waals surface area contributed by atoms with Crippen molar-refractivity contribution in [1.29, 1.82) is 0 Å². The van der Waals surface area contributed by atoms with Gasteiger partial charge in [-0.1, -0.05) is 55.8 Å². The zero-order valence-electron chi connectivity index (χ0n) is 26.8. The summed E-state index contributed by atoms with van der Waals surface area (Å²) < 4.78 is 23.3. The van der Waals surface area contributed by atoms with Gasteiger partial charge in [-0.2, -0.15) is 0 Å². The maximum absolute atomic E-state index is 12.9. The van der Waals surface area contributed by atoms with Gasteiger partial charge in [-0.25, -0.2) is 0 Å². The Morgan fingerprint density at radius 1 is 1.00 bits per heavy atom. The van der Waals surface area contributed by atoms with Crippen molar-refractivity contribution in [3.05, 3.63) is 59.2 Å². The van der Waals surface area contributed by atoms with Crippen LogP contribution in [-0.2, 0) is 31.7 Å². The first-order chi connectivity index (χ1) is 19.8. The predicted octanol–water partition coefficient (Wildman–Crippen LogP) is 5.08. The summed E-state index contributed by atoms with van der Waals surface area (Å²) in [4.78, 5) is 25.8. The summed E-state index contributed by atoms with van der Waals surface area (Å²) in [6.07, 6.45) is 2.75. The van der Waals surface area contributed by atoms with E-state index in [0.29, 0.717) is 30.3 Å². The van der Waals surface area contributed by atoms with Gasteiger partial charge in [-0.05, 0) is 77.8 Å².